The van der Waals surface area contributed by atoms with Crippen molar-refractivity contribution >= 4 is 36.2 Å². The molecule has 0 amide bonds. The first kappa shape index (κ1) is 22.0. The van der Waals surface area contributed by atoms with Crippen LogP contribution in [0.3, 0.4) is 0 Å². The molecule has 1 fully saturated rings. The van der Waals surface area contributed by atoms with Gasteiger partial charge in [0.2, 0.25) is 0 Å². The summed E-state index contributed by atoms with van der Waals surface area (Å²) >= 11 is 1.66. The number of alkyl halides is 3. The first-order valence-corrected chi connectivity index (χ1v) is 7.91. The summed E-state index contributed by atoms with van der Waals surface area (Å²) in [6.07, 6.45) is -3.68. The van der Waals surface area contributed by atoms with E-state index < -0.39 is 12.6 Å². The van der Waals surface area contributed by atoms with Gasteiger partial charge >= 0.3 is 6.18 Å². The Morgan fingerprint density at radius 2 is 1.86 bits per heavy atom. The molecule has 0 unspecified atom stereocenters. The van der Waals surface area contributed by atoms with Gasteiger partial charge < -0.3 is 5.32 Å². The van der Waals surface area contributed by atoms with Crippen LogP contribution in [0.25, 0.3) is 0 Å². The summed E-state index contributed by atoms with van der Waals surface area (Å²) in [5.41, 5.74) is 0. The highest BCUT2D eigenvalue weighted by atomic mass is 35.5. The molecule has 0 radical (unpaired) electrons. The number of aryl methyl sites for hydroxylation is 1. The predicted molar refractivity (Wildman–Crippen MR) is 90.7 cm³/mol. The summed E-state index contributed by atoms with van der Waals surface area (Å²) in [7, 11) is 0. The molecule has 0 aromatic carbocycles. The standard InChI is InChI=1S/C14H21F3N2S.2ClH/c1-2-11-3-4-13(20-11)12(5-6-14(15,16)17)19-9-7-18-8-10-19;;/h3-4,12,18H,2,5-10H2,1H3;2*1H/t12-;;/m0../s1. The fourth-order valence-corrected chi connectivity index (χ4v) is 3.68. The van der Waals surface area contributed by atoms with Crippen LogP contribution in [0.5, 0.6) is 0 Å². The molecule has 8 heteroatoms. The van der Waals surface area contributed by atoms with Crippen LogP contribution in [0.2, 0.25) is 0 Å². The first-order chi connectivity index (χ1) is 9.49. The van der Waals surface area contributed by atoms with Crippen molar-refractivity contribution in [2.45, 2.75) is 38.4 Å². The Labute approximate surface area is 146 Å². The predicted octanol–water partition coefficient (Wildman–Crippen LogP) is 4.44. The maximum atomic E-state index is 12.5. The SMILES string of the molecule is CCc1ccc([C@H](CCC(F)(F)F)N2CCNCC2)s1.Cl.Cl. The molecule has 1 N–H and O–H groups in total. The van der Waals surface area contributed by atoms with E-state index in [1.807, 2.05) is 12.1 Å². The number of nitrogens with zero attached hydrogens (tertiary/aromatic N) is 1. The number of hydrogen-bond acceptors (Lipinski definition) is 3. The van der Waals surface area contributed by atoms with Crippen molar-refractivity contribution in [2.24, 2.45) is 0 Å². The lowest BCUT2D eigenvalue weighted by atomic mass is 10.1. The molecular weight excluding hydrogens is 356 g/mol. The molecule has 22 heavy (non-hydrogen) atoms. The van der Waals surface area contributed by atoms with Crippen LogP contribution in [0.15, 0.2) is 12.1 Å². The monoisotopic (exact) mass is 378 g/mol. The van der Waals surface area contributed by atoms with Gasteiger partial charge in [0.25, 0.3) is 0 Å². The van der Waals surface area contributed by atoms with E-state index in [2.05, 4.69) is 17.1 Å². The Hall–Kier alpha value is -0.0100. The molecule has 1 aliphatic rings. The second-order valence-corrected chi connectivity index (χ2v) is 6.31. The second-order valence-electron chi connectivity index (χ2n) is 5.11. The van der Waals surface area contributed by atoms with Crippen LogP contribution in [0.4, 0.5) is 13.2 Å². The minimum absolute atomic E-state index is 0. The van der Waals surface area contributed by atoms with Gasteiger partial charge in [-0.15, -0.1) is 36.2 Å². The summed E-state index contributed by atoms with van der Waals surface area (Å²) in [5, 5.41) is 3.25. The molecule has 0 saturated carbocycles. The maximum absolute atomic E-state index is 12.5. The lowest BCUT2D eigenvalue weighted by Crippen LogP contribution is -2.45. The van der Waals surface area contributed by atoms with E-state index in [0.717, 1.165) is 37.5 Å². The summed E-state index contributed by atoms with van der Waals surface area (Å²) < 4.78 is 37.6. The molecule has 2 nitrogen and oxygen atoms in total. The van der Waals surface area contributed by atoms with Crippen molar-refractivity contribution in [1.29, 1.82) is 0 Å². The molecular formula is C14H23Cl2F3N2S. The molecule has 1 aromatic rings. The van der Waals surface area contributed by atoms with Gasteiger partial charge in [0, 0.05) is 48.4 Å². The second kappa shape index (κ2) is 9.98. The molecule has 2 heterocycles. The van der Waals surface area contributed by atoms with Gasteiger partial charge in [0.15, 0.2) is 0 Å². The van der Waals surface area contributed by atoms with Crippen molar-refractivity contribution < 1.29 is 13.2 Å². The van der Waals surface area contributed by atoms with Gasteiger partial charge in [-0.1, -0.05) is 6.92 Å². The zero-order valence-electron chi connectivity index (χ0n) is 12.5. The molecule has 130 valence electrons. The third kappa shape index (κ3) is 6.62. The van der Waals surface area contributed by atoms with Gasteiger partial charge in [-0.25, -0.2) is 0 Å². The maximum Gasteiger partial charge on any atom is 0.389 e. The number of halogens is 5. The Bertz CT molecular complexity index is 420. The Morgan fingerprint density at radius 3 is 2.36 bits per heavy atom. The van der Waals surface area contributed by atoms with Crippen molar-refractivity contribution in [1.82, 2.24) is 10.2 Å². The average molecular weight is 379 g/mol. The average Bonchev–Trinajstić information content (AvgIpc) is 2.88. The van der Waals surface area contributed by atoms with E-state index in [4.69, 9.17) is 0 Å². The lowest BCUT2D eigenvalue weighted by Gasteiger charge is -2.34. The third-order valence-corrected chi connectivity index (χ3v) is 4.98. The quantitative estimate of drug-likeness (QED) is 0.814. The van der Waals surface area contributed by atoms with E-state index in [1.165, 1.54) is 4.88 Å². The van der Waals surface area contributed by atoms with Crippen molar-refractivity contribution in [3.63, 3.8) is 0 Å². The molecule has 0 bridgehead atoms. The number of rotatable bonds is 5. The highest BCUT2D eigenvalue weighted by Crippen LogP contribution is 2.35. The van der Waals surface area contributed by atoms with Crippen LogP contribution in [-0.4, -0.2) is 37.3 Å². The van der Waals surface area contributed by atoms with Crippen molar-refractivity contribution in [3.05, 3.63) is 21.9 Å². The largest absolute Gasteiger partial charge is 0.389 e. The van der Waals surface area contributed by atoms with Gasteiger partial charge in [-0.2, -0.15) is 13.2 Å². The van der Waals surface area contributed by atoms with Gasteiger partial charge in [-0.05, 0) is 25.0 Å². The number of hydrogen-bond donors (Lipinski definition) is 1. The normalized spacial score (nSPS) is 17.5. The number of nitrogens with one attached hydrogen (secondary N) is 1. The minimum Gasteiger partial charge on any atom is -0.314 e. The molecule has 2 rings (SSSR count). The minimum atomic E-state index is -4.07. The van der Waals surface area contributed by atoms with E-state index in [0.29, 0.717) is 0 Å². The van der Waals surface area contributed by atoms with Crippen LogP contribution in [0, 0.1) is 0 Å². The highest BCUT2D eigenvalue weighted by Gasteiger charge is 2.31. The topological polar surface area (TPSA) is 15.3 Å². The van der Waals surface area contributed by atoms with E-state index in [9.17, 15) is 13.2 Å². The fourth-order valence-electron chi connectivity index (χ4n) is 2.56. The van der Waals surface area contributed by atoms with Gasteiger partial charge in [-0.3, -0.25) is 4.90 Å². The summed E-state index contributed by atoms with van der Waals surface area (Å²) in [5.74, 6) is 0. The molecule has 1 aromatic heterocycles. The van der Waals surface area contributed by atoms with Crippen molar-refractivity contribution in [3.8, 4) is 0 Å². The summed E-state index contributed by atoms with van der Waals surface area (Å²) in [6, 6.07) is 3.96. The molecule has 0 spiro atoms. The number of thiophene rings is 1. The van der Waals surface area contributed by atoms with E-state index in [-0.39, 0.29) is 37.3 Å². The fraction of sp³-hybridized carbons (Fsp3) is 0.714. The third-order valence-electron chi connectivity index (χ3n) is 3.65. The molecule has 0 aliphatic carbocycles. The van der Waals surface area contributed by atoms with Crippen LogP contribution in [-0.2, 0) is 6.42 Å². The van der Waals surface area contributed by atoms with Gasteiger partial charge in [0.05, 0.1) is 0 Å². The molecule has 1 aliphatic heterocycles. The zero-order chi connectivity index (χ0) is 14.6. The van der Waals surface area contributed by atoms with Crippen molar-refractivity contribution in [2.75, 3.05) is 26.2 Å². The Kier molecular flexibility index (Phi) is 9.98. The van der Waals surface area contributed by atoms with Crippen LogP contribution in [0.1, 0.15) is 35.6 Å². The van der Waals surface area contributed by atoms with Crippen LogP contribution < -0.4 is 5.32 Å². The summed E-state index contributed by atoms with van der Waals surface area (Å²) in [4.78, 5) is 4.51. The van der Waals surface area contributed by atoms with Crippen LogP contribution >= 0.6 is 36.2 Å². The van der Waals surface area contributed by atoms with E-state index in [1.54, 1.807) is 11.3 Å². The zero-order valence-corrected chi connectivity index (χ0v) is 14.9. The number of piperazine rings is 1. The molecule has 1 atom stereocenters. The summed E-state index contributed by atoms with van der Waals surface area (Å²) in [6.45, 7) is 5.43. The Balaban J connectivity index is 0.00000220. The smallest absolute Gasteiger partial charge is 0.314 e. The van der Waals surface area contributed by atoms with Gasteiger partial charge in [0.1, 0.15) is 0 Å². The Morgan fingerprint density at radius 1 is 1.23 bits per heavy atom. The molecule has 1 saturated heterocycles. The lowest BCUT2D eigenvalue weighted by molar-refractivity contribution is -0.138. The van der Waals surface area contributed by atoms with E-state index >= 15 is 0 Å². The first-order valence-electron chi connectivity index (χ1n) is 7.09. The highest BCUT2D eigenvalue weighted by molar-refractivity contribution is 7.12.